The third-order valence-corrected chi connectivity index (χ3v) is 5.99. The molecule has 206 valence electrons. The van der Waals surface area contributed by atoms with E-state index >= 15 is 0 Å². The molecule has 14 heteroatoms. The fraction of sp³-hybridized carbons (Fsp3) is 0.240. The van der Waals surface area contributed by atoms with Crippen molar-refractivity contribution in [1.82, 2.24) is 14.8 Å². The topological polar surface area (TPSA) is 122 Å². The van der Waals surface area contributed by atoms with Crippen LogP contribution in [0.25, 0.3) is 0 Å². The number of halogens is 3. The maximum absolute atomic E-state index is 13.0. The largest absolute Gasteiger partial charge is 0.486 e. The summed E-state index contributed by atoms with van der Waals surface area (Å²) in [6, 6.07) is 8.44. The highest BCUT2D eigenvalue weighted by atomic mass is 32.2. The minimum Gasteiger partial charge on any atom is -0.486 e. The number of nitrogens with zero attached hydrogens (tertiary/aromatic N) is 3. The number of benzene rings is 2. The summed E-state index contributed by atoms with van der Waals surface area (Å²) in [5.41, 5.74) is -0.587. The number of anilines is 1. The number of alkyl halides is 3. The van der Waals surface area contributed by atoms with E-state index in [1.807, 2.05) is 0 Å². The molecule has 0 atom stereocenters. The number of rotatable bonds is 11. The number of carbonyl (C=O) groups excluding carboxylic acids is 3. The maximum atomic E-state index is 13.0. The number of hydrogen-bond donors (Lipinski definition) is 1. The van der Waals surface area contributed by atoms with Crippen LogP contribution in [0.2, 0.25) is 0 Å². The summed E-state index contributed by atoms with van der Waals surface area (Å²) in [7, 11) is 2.36. The summed E-state index contributed by atoms with van der Waals surface area (Å²) in [4.78, 5) is 36.5. The smallest absolute Gasteiger partial charge is 0.416 e. The Labute approximate surface area is 225 Å². The molecule has 0 aliphatic heterocycles. The molecule has 1 amide bonds. The van der Waals surface area contributed by atoms with Gasteiger partial charge in [0, 0.05) is 12.2 Å². The normalized spacial score (nSPS) is 11.0. The van der Waals surface area contributed by atoms with Crippen molar-refractivity contribution in [1.29, 1.82) is 0 Å². The highest BCUT2D eigenvalue weighted by Gasteiger charge is 2.30. The number of carbonyl (C=O) groups is 3. The second-order valence-corrected chi connectivity index (χ2v) is 8.67. The molecule has 39 heavy (non-hydrogen) atoms. The third-order valence-electron chi connectivity index (χ3n) is 5.03. The molecule has 10 nitrogen and oxygen atoms in total. The van der Waals surface area contributed by atoms with Gasteiger partial charge in [-0.05, 0) is 36.4 Å². The summed E-state index contributed by atoms with van der Waals surface area (Å²) >= 11 is 1.03. The number of aromatic nitrogens is 3. The van der Waals surface area contributed by atoms with Crippen LogP contribution in [0.5, 0.6) is 5.75 Å². The standard InChI is InChI=1S/C25H23F3N4O6S/c1-4-8-32-20(13-38-19-7-5-6-17(12-19)25(26,27)28)30-31-24(32)39-14-21(33)29-18-10-15(22(34)36-2)9-16(11-18)23(35)37-3/h4-7,9-12H,1,8,13-14H2,2-3H3,(H,29,33). The molecule has 3 rings (SSSR count). The molecular weight excluding hydrogens is 541 g/mol. The first kappa shape index (κ1) is 29.2. The Morgan fingerprint density at radius 3 is 2.31 bits per heavy atom. The lowest BCUT2D eigenvalue weighted by molar-refractivity contribution is -0.137. The molecule has 2 aromatic carbocycles. The van der Waals surface area contributed by atoms with E-state index in [1.54, 1.807) is 10.6 Å². The van der Waals surface area contributed by atoms with Crippen LogP contribution in [-0.2, 0) is 33.6 Å². The van der Waals surface area contributed by atoms with Crippen molar-refractivity contribution in [3.63, 3.8) is 0 Å². The molecule has 0 fully saturated rings. The number of methoxy groups -OCH3 is 2. The molecule has 3 aromatic rings. The molecule has 0 aliphatic rings. The number of allylic oxidation sites excluding steroid dienone is 1. The molecule has 0 radical (unpaired) electrons. The molecule has 0 bridgehead atoms. The molecule has 0 spiro atoms. The lowest BCUT2D eigenvalue weighted by atomic mass is 10.1. The molecule has 0 aliphatic carbocycles. The van der Waals surface area contributed by atoms with Gasteiger partial charge in [-0.25, -0.2) is 9.59 Å². The minimum atomic E-state index is -4.51. The van der Waals surface area contributed by atoms with Crippen LogP contribution < -0.4 is 10.1 Å². The van der Waals surface area contributed by atoms with Gasteiger partial charge in [0.25, 0.3) is 0 Å². The third kappa shape index (κ3) is 7.83. The van der Waals surface area contributed by atoms with E-state index < -0.39 is 29.6 Å². The lowest BCUT2D eigenvalue weighted by Gasteiger charge is -2.11. The fourth-order valence-corrected chi connectivity index (χ4v) is 4.02. The Morgan fingerprint density at radius 1 is 1.05 bits per heavy atom. The van der Waals surface area contributed by atoms with Crippen LogP contribution in [0.3, 0.4) is 0 Å². The van der Waals surface area contributed by atoms with E-state index in [1.165, 1.54) is 44.6 Å². The zero-order valence-electron chi connectivity index (χ0n) is 20.8. The summed E-state index contributed by atoms with van der Waals surface area (Å²) < 4.78 is 55.3. The van der Waals surface area contributed by atoms with Crippen molar-refractivity contribution >= 4 is 35.3 Å². The first-order chi connectivity index (χ1) is 18.5. The number of nitrogens with one attached hydrogen (secondary N) is 1. The molecule has 0 saturated carbocycles. The zero-order valence-corrected chi connectivity index (χ0v) is 21.6. The second-order valence-electron chi connectivity index (χ2n) is 7.73. The molecule has 1 aromatic heterocycles. The average molecular weight is 565 g/mol. The highest BCUT2D eigenvalue weighted by molar-refractivity contribution is 7.99. The maximum Gasteiger partial charge on any atom is 0.416 e. The molecular formula is C25H23F3N4O6S. The van der Waals surface area contributed by atoms with Crippen LogP contribution in [0.15, 0.2) is 60.3 Å². The Balaban J connectivity index is 1.69. The van der Waals surface area contributed by atoms with Crippen LogP contribution in [-0.4, -0.2) is 52.6 Å². The van der Waals surface area contributed by atoms with Crippen molar-refractivity contribution in [3.8, 4) is 5.75 Å². The van der Waals surface area contributed by atoms with E-state index in [2.05, 4.69) is 31.6 Å². The van der Waals surface area contributed by atoms with Gasteiger partial charge in [-0.2, -0.15) is 13.2 Å². The van der Waals surface area contributed by atoms with Gasteiger partial charge < -0.3 is 19.5 Å². The summed E-state index contributed by atoms with van der Waals surface area (Å²) in [6.07, 6.45) is -2.94. The molecule has 0 saturated heterocycles. The van der Waals surface area contributed by atoms with Gasteiger partial charge in [0.05, 0.1) is 36.7 Å². The Morgan fingerprint density at radius 2 is 1.72 bits per heavy atom. The lowest BCUT2D eigenvalue weighted by Crippen LogP contribution is -2.16. The number of thioether (sulfide) groups is 1. The number of ether oxygens (including phenoxy) is 3. The second kappa shape index (κ2) is 13.0. The van der Waals surface area contributed by atoms with E-state index in [0.717, 1.165) is 23.9 Å². The first-order valence-electron chi connectivity index (χ1n) is 11.1. The predicted octanol–water partition coefficient (Wildman–Crippen LogP) is 4.37. The predicted molar refractivity (Wildman–Crippen MR) is 134 cm³/mol. The summed E-state index contributed by atoms with van der Waals surface area (Å²) in [5, 5.41) is 11.0. The minimum absolute atomic E-state index is 0.00654. The van der Waals surface area contributed by atoms with E-state index in [-0.39, 0.29) is 41.5 Å². The fourth-order valence-electron chi connectivity index (χ4n) is 3.25. The van der Waals surface area contributed by atoms with E-state index in [9.17, 15) is 27.6 Å². The quantitative estimate of drug-likeness (QED) is 0.206. The first-order valence-corrected chi connectivity index (χ1v) is 12.1. The zero-order chi connectivity index (χ0) is 28.6. The van der Waals surface area contributed by atoms with E-state index in [0.29, 0.717) is 11.0 Å². The highest BCUT2D eigenvalue weighted by Crippen LogP contribution is 2.31. The van der Waals surface area contributed by atoms with Crippen molar-refractivity contribution in [2.45, 2.75) is 24.5 Å². The van der Waals surface area contributed by atoms with Crippen LogP contribution >= 0.6 is 11.8 Å². The SMILES string of the molecule is C=CCn1c(COc2cccc(C(F)(F)F)c2)nnc1SCC(=O)Nc1cc(C(=O)OC)cc(C(=O)OC)c1. The Hall–Kier alpha value is -4.33. The van der Waals surface area contributed by atoms with Gasteiger partial charge in [0.15, 0.2) is 11.0 Å². The number of amides is 1. The van der Waals surface area contributed by atoms with Gasteiger partial charge in [0.2, 0.25) is 5.91 Å². The van der Waals surface area contributed by atoms with Crippen molar-refractivity contribution in [2.75, 3.05) is 25.3 Å². The van der Waals surface area contributed by atoms with Gasteiger partial charge in [-0.3, -0.25) is 9.36 Å². The molecule has 0 unspecified atom stereocenters. The van der Waals surface area contributed by atoms with Crippen LogP contribution in [0.1, 0.15) is 32.1 Å². The Bertz CT molecular complexity index is 1340. The summed E-state index contributed by atoms with van der Waals surface area (Å²) in [6.45, 7) is 3.76. The average Bonchev–Trinajstić information content (AvgIpc) is 3.30. The van der Waals surface area contributed by atoms with E-state index in [4.69, 9.17) is 4.74 Å². The van der Waals surface area contributed by atoms with Crippen LogP contribution in [0, 0.1) is 0 Å². The van der Waals surface area contributed by atoms with Gasteiger partial charge >= 0.3 is 18.1 Å². The molecule has 1 heterocycles. The van der Waals surface area contributed by atoms with Gasteiger partial charge in [0.1, 0.15) is 12.4 Å². The van der Waals surface area contributed by atoms with Crippen molar-refractivity contribution < 1.29 is 41.8 Å². The number of esters is 2. The van der Waals surface area contributed by atoms with Crippen molar-refractivity contribution in [2.24, 2.45) is 0 Å². The summed E-state index contributed by atoms with van der Waals surface area (Å²) in [5.74, 6) is -1.70. The van der Waals surface area contributed by atoms with Crippen molar-refractivity contribution in [3.05, 3.63) is 77.6 Å². The van der Waals surface area contributed by atoms with Gasteiger partial charge in [-0.15, -0.1) is 16.8 Å². The van der Waals surface area contributed by atoms with Gasteiger partial charge in [-0.1, -0.05) is 23.9 Å². The monoisotopic (exact) mass is 564 g/mol. The Kier molecular flexibility index (Phi) is 9.71. The van der Waals surface area contributed by atoms with Crippen LogP contribution in [0.4, 0.5) is 18.9 Å². The number of hydrogen-bond acceptors (Lipinski definition) is 9. The molecule has 1 N–H and O–H groups in total.